The molecule has 0 atom stereocenters. The number of hydrogen-bond acceptors (Lipinski definition) is 2. The SMILES string of the molecule is CCCc1[nH]c(=O)c(C(=O)N2CCCC2)cc1Br. The molecule has 2 heterocycles. The predicted molar refractivity (Wildman–Crippen MR) is 73.9 cm³/mol. The number of aromatic nitrogens is 1. The fourth-order valence-corrected chi connectivity index (χ4v) is 2.75. The number of rotatable bonds is 3. The van der Waals surface area contributed by atoms with Crippen LogP contribution in [-0.4, -0.2) is 28.9 Å². The van der Waals surface area contributed by atoms with E-state index in [-0.39, 0.29) is 17.0 Å². The van der Waals surface area contributed by atoms with Crippen LogP contribution < -0.4 is 5.56 Å². The number of carbonyl (C=O) groups excluding carboxylic acids is 1. The van der Waals surface area contributed by atoms with Gasteiger partial charge in [-0.2, -0.15) is 0 Å². The Morgan fingerprint density at radius 3 is 2.72 bits per heavy atom. The van der Waals surface area contributed by atoms with Gasteiger partial charge in [-0.15, -0.1) is 0 Å². The molecule has 0 bridgehead atoms. The minimum atomic E-state index is -0.279. The number of nitrogens with one attached hydrogen (secondary N) is 1. The van der Waals surface area contributed by atoms with Gasteiger partial charge in [0.2, 0.25) is 0 Å². The Balaban J connectivity index is 2.31. The summed E-state index contributed by atoms with van der Waals surface area (Å²) in [4.78, 5) is 28.7. The maximum absolute atomic E-state index is 12.2. The molecule has 1 aromatic heterocycles. The molecule has 0 radical (unpaired) electrons. The second kappa shape index (κ2) is 5.69. The maximum atomic E-state index is 12.2. The van der Waals surface area contributed by atoms with Crippen LogP contribution in [0.25, 0.3) is 0 Å². The summed E-state index contributed by atoms with van der Waals surface area (Å²) in [5.74, 6) is -0.155. The lowest BCUT2D eigenvalue weighted by Gasteiger charge is -2.15. The van der Waals surface area contributed by atoms with E-state index in [1.807, 2.05) is 6.92 Å². The Labute approximate surface area is 115 Å². The van der Waals surface area contributed by atoms with E-state index in [1.54, 1.807) is 11.0 Å². The van der Waals surface area contributed by atoms with Crippen LogP contribution in [-0.2, 0) is 6.42 Å². The van der Waals surface area contributed by atoms with Crippen molar-refractivity contribution in [2.45, 2.75) is 32.6 Å². The zero-order valence-electron chi connectivity index (χ0n) is 10.5. The van der Waals surface area contributed by atoms with Crippen LogP contribution in [0, 0.1) is 0 Å². The van der Waals surface area contributed by atoms with Gasteiger partial charge in [0.25, 0.3) is 11.5 Å². The Hall–Kier alpha value is -1.10. The molecule has 1 N–H and O–H groups in total. The average molecular weight is 313 g/mol. The zero-order chi connectivity index (χ0) is 13.1. The topological polar surface area (TPSA) is 53.2 Å². The Kier molecular flexibility index (Phi) is 4.22. The van der Waals surface area contributed by atoms with Gasteiger partial charge < -0.3 is 9.88 Å². The number of aromatic amines is 1. The second-order valence-corrected chi connectivity index (χ2v) is 5.44. The van der Waals surface area contributed by atoms with Crippen molar-refractivity contribution in [3.8, 4) is 0 Å². The van der Waals surface area contributed by atoms with Gasteiger partial charge >= 0.3 is 0 Å². The standard InChI is InChI=1S/C13H17BrN2O2/c1-2-5-11-10(14)8-9(12(17)15-11)13(18)16-6-3-4-7-16/h8H,2-7H2,1H3,(H,15,17). The van der Waals surface area contributed by atoms with Gasteiger partial charge in [-0.25, -0.2) is 0 Å². The number of amides is 1. The molecule has 0 spiro atoms. The van der Waals surface area contributed by atoms with Gasteiger partial charge in [0.05, 0.1) is 0 Å². The predicted octanol–water partition coefficient (Wildman–Crippen LogP) is 2.33. The molecule has 1 aliphatic rings. The van der Waals surface area contributed by atoms with E-state index in [2.05, 4.69) is 20.9 Å². The van der Waals surface area contributed by atoms with Crippen LogP contribution in [0.15, 0.2) is 15.3 Å². The lowest BCUT2D eigenvalue weighted by molar-refractivity contribution is 0.0791. The molecule has 1 fully saturated rings. The first kappa shape index (κ1) is 13.3. The smallest absolute Gasteiger partial charge is 0.261 e. The second-order valence-electron chi connectivity index (χ2n) is 4.59. The average Bonchev–Trinajstić information content (AvgIpc) is 2.86. The quantitative estimate of drug-likeness (QED) is 0.931. The van der Waals surface area contributed by atoms with Crippen molar-refractivity contribution < 1.29 is 4.79 Å². The van der Waals surface area contributed by atoms with Crippen LogP contribution in [0.4, 0.5) is 0 Å². The molecule has 1 amide bonds. The summed E-state index contributed by atoms with van der Waals surface area (Å²) in [5, 5.41) is 0. The van der Waals surface area contributed by atoms with Crippen molar-refractivity contribution in [3.05, 3.63) is 32.2 Å². The monoisotopic (exact) mass is 312 g/mol. The maximum Gasteiger partial charge on any atom is 0.261 e. The van der Waals surface area contributed by atoms with E-state index < -0.39 is 0 Å². The van der Waals surface area contributed by atoms with Crippen LogP contribution in [0.3, 0.4) is 0 Å². The fourth-order valence-electron chi connectivity index (χ4n) is 2.22. The molecule has 0 unspecified atom stereocenters. The molecule has 0 saturated carbocycles. The number of pyridine rings is 1. The number of aryl methyl sites for hydroxylation is 1. The highest BCUT2D eigenvalue weighted by atomic mass is 79.9. The van der Waals surface area contributed by atoms with Gasteiger partial charge in [0.15, 0.2) is 0 Å². The molecule has 0 aliphatic carbocycles. The van der Waals surface area contributed by atoms with Crippen LogP contribution in [0.1, 0.15) is 42.2 Å². The normalized spacial score (nSPS) is 15.1. The summed E-state index contributed by atoms with van der Waals surface area (Å²) in [6.07, 6.45) is 3.80. The third-order valence-corrected chi connectivity index (χ3v) is 3.90. The van der Waals surface area contributed by atoms with Crippen molar-refractivity contribution in [2.24, 2.45) is 0 Å². The highest BCUT2D eigenvalue weighted by Crippen LogP contribution is 2.17. The molecule has 2 rings (SSSR count). The summed E-state index contributed by atoms with van der Waals surface area (Å²) in [5.41, 5.74) is 0.822. The van der Waals surface area contributed by atoms with Crippen molar-refractivity contribution in [1.82, 2.24) is 9.88 Å². The van der Waals surface area contributed by atoms with Crippen LogP contribution in [0.5, 0.6) is 0 Å². The molecule has 5 heteroatoms. The summed E-state index contributed by atoms with van der Waals surface area (Å²) in [6, 6.07) is 1.66. The lowest BCUT2D eigenvalue weighted by atomic mass is 10.2. The van der Waals surface area contributed by atoms with Crippen LogP contribution in [0.2, 0.25) is 0 Å². The Morgan fingerprint density at radius 2 is 2.11 bits per heavy atom. The molecular weight excluding hydrogens is 296 g/mol. The number of H-pyrrole nitrogens is 1. The van der Waals surface area contributed by atoms with Gasteiger partial charge in [-0.1, -0.05) is 13.3 Å². The van der Waals surface area contributed by atoms with E-state index in [4.69, 9.17) is 0 Å². The molecule has 98 valence electrons. The highest BCUT2D eigenvalue weighted by molar-refractivity contribution is 9.10. The van der Waals surface area contributed by atoms with Crippen molar-refractivity contribution >= 4 is 21.8 Å². The van der Waals surface area contributed by atoms with E-state index in [9.17, 15) is 9.59 Å². The molecule has 1 aliphatic heterocycles. The van der Waals surface area contributed by atoms with Crippen molar-refractivity contribution in [1.29, 1.82) is 0 Å². The van der Waals surface area contributed by atoms with Gasteiger partial charge in [-0.05, 0) is 41.3 Å². The van der Waals surface area contributed by atoms with Crippen molar-refractivity contribution in [3.63, 3.8) is 0 Å². The minimum Gasteiger partial charge on any atom is -0.338 e. The summed E-state index contributed by atoms with van der Waals surface area (Å²) >= 11 is 3.42. The molecule has 4 nitrogen and oxygen atoms in total. The van der Waals surface area contributed by atoms with Gasteiger partial charge in [0, 0.05) is 23.3 Å². The van der Waals surface area contributed by atoms with E-state index >= 15 is 0 Å². The number of likely N-dealkylation sites (tertiary alicyclic amines) is 1. The number of halogens is 1. The third kappa shape index (κ3) is 2.66. The minimum absolute atomic E-state index is 0.155. The van der Waals surface area contributed by atoms with E-state index in [0.29, 0.717) is 0 Å². The number of hydrogen-bond donors (Lipinski definition) is 1. The van der Waals surface area contributed by atoms with Gasteiger partial charge in [0.1, 0.15) is 5.56 Å². The van der Waals surface area contributed by atoms with Crippen LogP contribution >= 0.6 is 15.9 Å². The summed E-state index contributed by atoms with van der Waals surface area (Å²) in [6.45, 7) is 3.56. The first-order chi connectivity index (χ1) is 8.63. The fraction of sp³-hybridized carbons (Fsp3) is 0.538. The third-order valence-electron chi connectivity index (χ3n) is 3.19. The molecule has 18 heavy (non-hydrogen) atoms. The number of nitrogens with zero attached hydrogens (tertiary/aromatic N) is 1. The largest absolute Gasteiger partial charge is 0.338 e. The van der Waals surface area contributed by atoms with E-state index in [1.165, 1.54) is 0 Å². The first-order valence-electron chi connectivity index (χ1n) is 6.34. The van der Waals surface area contributed by atoms with Crippen molar-refractivity contribution in [2.75, 3.05) is 13.1 Å². The van der Waals surface area contributed by atoms with Gasteiger partial charge in [-0.3, -0.25) is 9.59 Å². The summed E-state index contributed by atoms with van der Waals surface area (Å²) < 4.78 is 0.812. The lowest BCUT2D eigenvalue weighted by Crippen LogP contribution is -2.32. The Bertz CT molecular complexity index is 504. The zero-order valence-corrected chi connectivity index (χ0v) is 12.0. The first-order valence-corrected chi connectivity index (χ1v) is 7.13. The molecule has 1 saturated heterocycles. The number of carbonyl (C=O) groups is 1. The molecule has 1 aromatic rings. The molecular formula is C13H17BrN2O2. The summed E-state index contributed by atoms with van der Waals surface area (Å²) in [7, 11) is 0. The Morgan fingerprint density at radius 1 is 1.44 bits per heavy atom. The van der Waals surface area contributed by atoms with E-state index in [0.717, 1.165) is 48.9 Å². The highest BCUT2D eigenvalue weighted by Gasteiger charge is 2.22. The molecule has 0 aromatic carbocycles.